The number of rotatable bonds is 9. The first-order valence-electron chi connectivity index (χ1n) is 8.70. The summed E-state index contributed by atoms with van der Waals surface area (Å²) in [5.41, 5.74) is 2.81. The lowest BCUT2D eigenvalue weighted by Crippen LogP contribution is -2.26. The second-order valence-corrected chi connectivity index (χ2v) is 6.02. The first-order valence-corrected chi connectivity index (χ1v) is 8.70. The standard InChI is InChI=1S/C20H27N3O/c1-3-4-15-23(2)18-12-14-21-19(16-18)20(24)22-13-8-11-17-9-6-5-7-10-17/h5-7,9-10,12,14,16H,3-4,8,11,13,15H2,1-2H3,(H,22,24). The minimum absolute atomic E-state index is 0.103. The number of unbranched alkanes of at least 4 members (excludes halogenated alkanes) is 1. The molecule has 4 nitrogen and oxygen atoms in total. The van der Waals surface area contributed by atoms with E-state index in [1.807, 2.05) is 37.4 Å². The molecular weight excluding hydrogens is 298 g/mol. The van der Waals surface area contributed by atoms with Gasteiger partial charge in [0, 0.05) is 32.0 Å². The number of hydrogen-bond donors (Lipinski definition) is 1. The van der Waals surface area contributed by atoms with Crippen LogP contribution < -0.4 is 10.2 Å². The van der Waals surface area contributed by atoms with Crippen molar-refractivity contribution in [1.82, 2.24) is 10.3 Å². The average Bonchev–Trinajstić information content (AvgIpc) is 2.64. The summed E-state index contributed by atoms with van der Waals surface area (Å²) in [4.78, 5) is 18.6. The minimum atomic E-state index is -0.103. The number of pyridine rings is 1. The van der Waals surface area contributed by atoms with E-state index in [0.29, 0.717) is 12.2 Å². The zero-order valence-corrected chi connectivity index (χ0v) is 14.7. The monoisotopic (exact) mass is 325 g/mol. The van der Waals surface area contributed by atoms with Crippen molar-refractivity contribution in [3.05, 3.63) is 59.9 Å². The van der Waals surface area contributed by atoms with Crippen molar-refractivity contribution in [2.24, 2.45) is 0 Å². The molecule has 128 valence electrons. The van der Waals surface area contributed by atoms with E-state index in [-0.39, 0.29) is 5.91 Å². The SMILES string of the molecule is CCCCN(C)c1ccnc(C(=O)NCCCc2ccccc2)c1. The maximum absolute atomic E-state index is 12.3. The molecule has 0 atom stereocenters. The maximum Gasteiger partial charge on any atom is 0.269 e. The van der Waals surface area contributed by atoms with Crippen molar-refractivity contribution in [2.75, 3.05) is 25.0 Å². The maximum atomic E-state index is 12.3. The molecule has 1 amide bonds. The van der Waals surface area contributed by atoms with Gasteiger partial charge in [-0.3, -0.25) is 9.78 Å². The Morgan fingerprint density at radius 2 is 1.96 bits per heavy atom. The molecule has 0 aliphatic rings. The van der Waals surface area contributed by atoms with Gasteiger partial charge in [0.25, 0.3) is 5.91 Å². The molecule has 2 rings (SSSR count). The summed E-state index contributed by atoms with van der Waals surface area (Å²) in [5, 5.41) is 2.96. The van der Waals surface area contributed by atoms with Crippen molar-refractivity contribution in [2.45, 2.75) is 32.6 Å². The quantitative estimate of drug-likeness (QED) is 0.715. The highest BCUT2D eigenvalue weighted by atomic mass is 16.1. The lowest BCUT2D eigenvalue weighted by atomic mass is 10.1. The third-order valence-electron chi connectivity index (χ3n) is 4.03. The Hall–Kier alpha value is -2.36. The zero-order valence-electron chi connectivity index (χ0n) is 14.7. The zero-order chi connectivity index (χ0) is 17.2. The van der Waals surface area contributed by atoms with Crippen LogP contribution in [0.3, 0.4) is 0 Å². The highest BCUT2D eigenvalue weighted by Crippen LogP contribution is 2.13. The van der Waals surface area contributed by atoms with E-state index in [0.717, 1.165) is 37.9 Å². The van der Waals surface area contributed by atoms with Crippen LogP contribution in [-0.2, 0) is 6.42 Å². The molecule has 24 heavy (non-hydrogen) atoms. The van der Waals surface area contributed by atoms with Gasteiger partial charge in [0.05, 0.1) is 0 Å². The molecule has 1 aromatic carbocycles. The van der Waals surface area contributed by atoms with Crippen LogP contribution in [0.15, 0.2) is 48.7 Å². The van der Waals surface area contributed by atoms with E-state index in [2.05, 4.69) is 34.3 Å². The van der Waals surface area contributed by atoms with Gasteiger partial charge in [0.15, 0.2) is 0 Å². The Morgan fingerprint density at radius 1 is 1.17 bits per heavy atom. The number of anilines is 1. The summed E-state index contributed by atoms with van der Waals surface area (Å²) < 4.78 is 0. The molecule has 2 aromatic rings. The predicted molar refractivity (Wildman–Crippen MR) is 99.5 cm³/mol. The van der Waals surface area contributed by atoms with Gasteiger partial charge in [-0.1, -0.05) is 43.7 Å². The van der Waals surface area contributed by atoms with Crippen molar-refractivity contribution in [3.63, 3.8) is 0 Å². The van der Waals surface area contributed by atoms with Crippen LogP contribution in [0.25, 0.3) is 0 Å². The first-order chi connectivity index (χ1) is 11.7. The van der Waals surface area contributed by atoms with Crippen LogP contribution in [0.4, 0.5) is 5.69 Å². The lowest BCUT2D eigenvalue weighted by Gasteiger charge is -2.19. The van der Waals surface area contributed by atoms with Crippen molar-refractivity contribution in [3.8, 4) is 0 Å². The van der Waals surface area contributed by atoms with Gasteiger partial charge in [-0.25, -0.2) is 0 Å². The summed E-state index contributed by atoms with van der Waals surface area (Å²) >= 11 is 0. The number of nitrogens with zero attached hydrogens (tertiary/aromatic N) is 2. The Bertz CT molecular complexity index is 628. The van der Waals surface area contributed by atoms with Gasteiger partial charge >= 0.3 is 0 Å². The minimum Gasteiger partial charge on any atom is -0.374 e. The van der Waals surface area contributed by atoms with Crippen molar-refractivity contribution >= 4 is 11.6 Å². The van der Waals surface area contributed by atoms with Gasteiger partial charge in [0.1, 0.15) is 5.69 Å². The molecule has 0 aliphatic heterocycles. The van der Waals surface area contributed by atoms with Crippen LogP contribution in [-0.4, -0.2) is 31.0 Å². The molecule has 0 unspecified atom stereocenters. The topological polar surface area (TPSA) is 45.2 Å². The molecule has 0 bridgehead atoms. The molecule has 0 saturated carbocycles. The largest absolute Gasteiger partial charge is 0.374 e. The van der Waals surface area contributed by atoms with Gasteiger partial charge in [-0.05, 0) is 37.0 Å². The molecule has 0 saturated heterocycles. The molecule has 1 aromatic heterocycles. The summed E-state index contributed by atoms with van der Waals surface area (Å²) in [6.45, 7) is 3.82. The van der Waals surface area contributed by atoms with Crippen LogP contribution in [0, 0.1) is 0 Å². The number of carbonyl (C=O) groups excluding carboxylic acids is 1. The number of amides is 1. The number of nitrogens with one attached hydrogen (secondary N) is 1. The summed E-state index contributed by atoms with van der Waals surface area (Å²) in [7, 11) is 2.05. The van der Waals surface area contributed by atoms with Crippen LogP contribution in [0.1, 0.15) is 42.2 Å². The van der Waals surface area contributed by atoms with Gasteiger partial charge in [-0.15, -0.1) is 0 Å². The van der Waals surface area contributed by atoms with E-state index >= 15 is 0 Å². The van der Waals surface area contributed by atoms with Crippen LogP contribution in [0.5, 0.6) is 0 Å². The molecular formula is C20H27N3O. The highest BCUT2D eigenvalue weighted by Gasteiger charge is 2.09. The fourth-order valence-corrected chi connectivity index (χ4v) is 2.54. The Balaban J connectivity index is 1.81. The van der Waals surface area contributed by atoms with E-state index in [9.17, 15) is 4.79 Å². The smallest absolute Gasteiger partial charge is 0.269 e. The summed E-state index contributed by atoms with van der Waals surface area (Å²) in [6, 6.07) is 14.1. The lowest BCUT2D eigenvalue weighted by molar-refractivity contribution is 0.0948. The second-order valence-electron chi connectivity index (χ2n) is 6.02. The molecule has 0 aliphatic carbocycles. The number of aryl methyl sites for hydroxylation is 1. The molecule has 0 radical (unpaired) electrons. The van der Waals surface area contributed by atoms with Crippen LogP contribution >= 0.6 is 0 Å². The van der Waals surface area contributed by atoms with E-state index < -0.39 is 0 Å². The van der Waals surface area contributed by atoms with Crippen molar-refractivity contribution in [1.29, 1.82) is 0 Å². The molecule has 0 fully saturated rings. The predicted octanol–water partition coefficient (Wildman–Crippen LogP) is 3.68. The third kappa shape index (κ3) is 5.69. The molecule has 0 spiro atoms. The number of carbonyl (C=O) groups is 1. The van der Waals surface area contributed by atoms with E-state index in [1.165, 1.54) is 5.56 Å². The van der Waals surface area contributed by atoms with Crippen LogP contribution in [0.2, 0.25) is 0 Å². The fraction of sp³-hybridized carbons (Fsp3) is 0.400. The number of benzene rings is 1. The van der Waals surface area contributed by atoms with Gasteiger partial charge in [0.2, 0.25) is 0 Å². The average molecular weight is 325 g/mol. The Kier molecular flexibility index (Phi) is 7.27. The first kappa shape index (κ1) is 18.0. The highest BCUT2D eigenvalue weighted by molar-refractivity contribution is 5.93. The molecule has 4 heteroatoms. The van der Waals surface area contributed by atoms with E-state index in [4.69, 9.17) is 0 Å². The Morgan fingerprint density at radius 3 is 2.71 bits per heavy atom. The number of aromatic nitrogens is 1. The second kappa shape index (κ2) is 9.71. The number of hydrogen-bond acceptors (Lipinski definition) is 3. The Labute approximate surface area is 144 Å². The molecule has 1 heterocycles. The van der Waals surface area contributed by atoms with Crippen molar-refractivity contribution < 1.29 is 4.79 Å². The fourth-order valence-electron chi connectivity index (χ4n) is 2.54. The summed E-state index contributed by atoms with van der Waals surface area (Å²) in [6.07, 6.45) is 5.89. The summed E-state index contributed by atoms with van der Waals surface area (Å²) in [5.74, 6) is -0.103. The van der Waals surface area contributed by atoms with E-state index in [1.54, 1.807) is 6.20 Å². The van der Waals surface area contributed by atoms with Gasteiger partial charge < -0.3 is 10.2 Å². The van der Waals surface area contributed by atoms with Gasteiger partial charge in [-0.2, -0.15) is 0 Å². The molecule has 1 N–H and O–H groups in total. The third-order valence-corrected chi connectivity index (χ3v) is 4.03. The normalized spacial score (nSPS) is 10.4.